The summed E-state index contributed by atoms with van der Waals surface area (Å²) in [6, 6.07) is 10.6. The van der Waals surface area contributed by atoms with Crippen LogP contribution in [0.3, 0.4) is 0 Å². The number of nitrogens with one attached hydrogen (secondary N) is 1. The molecule has 0 aliphatic rings. The van der Waals surface area contributed by atoms with Crippen LogP contribution < -0.4 is 5.32 Å². The SMILES string of the molecule is CNC(Cc1nc(C)c(C)s1)c1nccc2ccccc12. The van der Waals surface area contributed by atoms with Crippen molar-refractivity contribution in [2.24, 2.45) is 0 Å². The van der Waals surface area contributed by atoms with Gasteiger partial charge in [0.2, 0.25) is 0 Å². The molecule has 2 heterocycles. The first-order valence-electron chi connectivity index (χ1n) is 7.13. The Bertz CT molecular complexity index is 739. The maximum absolute atomic E-state index is 4.65. The molecule has 0 amide bonds. The zero-order valence-corrected chi connectivity index (χ0v) is 13.4. The number of nitrogens with zero attached hydrogens (tertiary/aromatic N) is 2. The Labute approximate surface area is 129 Å². The molecule has 3 rings (SSSR count). The second kappa shape index (κ2) is 5.92. The molecule has 0 aliphatic carbocycles. The summed E-state index contributed by atoms with van der Waals surface area (Å²) in [5.41, 5.74) is 2.23. The van der Waals surface area contributed by atoms with E-state index >= 15 is 0 Å². The van der Waals surface area contributed by atoms with Crippen LogP contribution in [-0.2, 0) is 6.42 Å². The molecule has 1 unspecified atom stereocenters. The number of hydrogen-bond acceptors (Lipinski definition) is 4. The minimum atomic E-state index is 0.182. The van der Waals surface area contributed by atoms with Gasteiger partial charge in [-0.1, -0.05) is 24.3 Å². The van der Waals surface area contributed by atoms with Crippen LogP contribution in [0.5, 0.6) is 0 Å². The van der Waals surface area contributed by atoms with E-state index in [0.29, 0.717) is 0 Å². The Morgan fingerprint density at radius 2 is 2.00 bits per heavy atom. The highest BCUT2D eigenvalue weighted by atomic mass is 32.1. The smallest absolute Gasteiger partial charge is 0.0950 e. The molecular weight excluding hydrogens is 278 g/mol. The Kier molecular flexibility index (Phi) is 3.99. The maximum Gasteiger partial charge on any atom is 0.0950 e. The standard InChI is InChI=1S/C17H19N3S/c1-11-12(2)21-16(20-11)10-15(18-3)17-14-7-5-4-6-13(14)8-9-19-17/h4-9,15,18H,10H2,1-3H3. The topological polar surface area (TPSA) is 37.8 Å². The highest BCUT2D eigenvalue weighted by Crippen LogP contribution is 2.26. The van der Waals surface area contributed by atoms with Gasteiger partial charge in [0.25, 0.3) is 0 Å². The van der Waals surface area contributed by atoms with E-state index in [0.717, 1.165) is 17.8 Å². The van der Waals surface area contributed by atoms with Crippen LogP contribution in [0, 0.1) is 13.8 Å². The van der Waals surface area contributed by atoms with Crippen molar-refractivity contribution in [2.45, 2.75) is 26.3 Å². The molecule has 0 radical (unpaired) electrons. The van der Waals surface area contributed by atoms with E-state index in [9.17, 15) is 0 Å². The van der Waals surface area contributed by atoms with Crippen molar-refractivity contribution in [1.82, 2.24) is 15.3 Å². The third-order valence-electron chi connectivity index (χ3n) is 3.83. The Morgan fingerprint density at radius 3 is 2.71 bits per heavy atom. The molecule has 0 spiro atoms. The lowest BCUT2D eigenvalue weighted by Crippen LogP contribution is -2.20. The Hall–Kier alpha value is -1.78. The fraction of sp³-hybridized carbons (Fsp3) is 0.294. The summed E-state index contributed by atoms with van der Waals surface area (Å²) in [5, 5.41) is 7.00. The van der Waals surface area contributed by atoms with Gasteiger partial charge in [0, 0.05) is 22.9 Å². The highest BCUT2D eigenvalue weighted by molar-refractivity contribution is 7.11. The van der Waals surface area contributed by atoms with Gasteiger partial charge in [-0.25, -0.2) is 4.98 Å². The van der Waals surface area contributed by atoms with Gasteiger partial charge in [-0.15, -0.1) is 11.3 Å². The van der Waals surface area contributed by atoms with Crippen molar-refractivity contribution in [2.75, 3.05) is 7.05 Å². The molecule has 1 N–H and O–H groups in total. The Balaban J connectivity index is 1.98. The van der Waals surface area contributed by atoms with Crippen LogP contribution in [-0.4, -0.2) is 17.0 Å². The summed E-state index contributed by atoms with van der Waals surface area (Å²) in [6.45, 7) is 4.20. The van der Waals surface area contributed by atoms with Gasteiger partial charge in [0.05, 0.1) is 22.4 Å². The molecule has 1 aromatic carbocycles. The number of benzene rings is 1. The molecule has 4 heteroatoms. The average molecular weight is 297 g/mol. The van der Waals surface area contributed by atoms with Gasteiger partial charge in [0.1, 0.15) is 0 Å². The minimum absolute atomic E-state index is 0.182. The van der Waals surface area contributed by atoms with Gasteiger partial charge in [0.15, 0.2) is 0 Å². The van der Waals surface area contributed by atoms with Crippen LogP contribution in [0.15, 0.2) is 36.5 Å². The van der Waals surface area contributed by atoms with Gasteiger partial charge in [-0.2, -0.15) is 0 Å². The molecule has 21 heavy (non-hydrogen) atoms. The zero-order chi connectivity index (χ0) is 14.8. The largest absolute Gasteiger partial charge is 0.311 e. The molecule has 0 saturated heterocycles. The quantitative estimate of drug-likeness (QED) is 0.795. The van der Waals surface area contributed by atoms with Crippen LogP contribution in [0.4, 0.5) is 0 Å². The maximum atomic E-state index is 4.65. The number of pyridine rings is 1. The van der Waals surface area contributed by atoms with Crippen molar-refractivity contribution < 1.29 is 0 Å². The number of thiazole rings is 1. The Morgan fingerprint density at radius 1 is 1.19 bits per heavy atom. The minimum Gasteiger partial charge on any atom is -0.311 e. The summed E-state index contributed by atoms with van der Waals surface area (Å²) in [5.74, 6) is 0. The van der Waals surface area contributed by atoms with Crippen LogP contribution in [0.2, 0.25) is 0 Å². The number of aromatic nitrogens is 2. The second-order valence-corrected chi connectivity index (χ2v) is 6.50. The predicted molar refractivity (Wildman–Crippen MR) is 88.8 cm³/mol. The number of likely N-dealkylation sites (N-methyl/N-ethyl adjacent to an activating group) is 1. The third kappa shape index (κ3) is 2.82. The summed E-state index contributed by atoms with van der Waals surface area (Å²) < 4.78 is 0. The lowest BCUT2D eigenvalue weighted by atomic mass is 10.0. The van der Waals surface area contributed by atoms with Gasteiger partial charge in [-0.05, 0) is 32.3 Å². The number of rotatable bonds is 4. The molecule has 0 aliphatic heterocycles. The van der Waals surface area contributed by atoms with Crippen molar-refractivity contribution >= 4 is 22.1 Å². The number of aryl methyl sites for hydroxylation is 2. The molecule has 2 aromatic heterocycles. The van der Waals surface area contributed by atoms with Crippen molar-refractivity contribution in [3.8, 4) is 0 Å². The van der Waals surface area contributed by atoms with E-state index in [1.807, 2.05) is 13.2 Å². The first-order valence-corrected chi connectivity index (χ1v) is 7.94. The van der Waals surface area contributed by atoms with E-state index in [2.05, 4.69) is 59.5 Å². The predicted octanol–water partition coefficient (Wildman–Crippen LogP) is 3.81. The van der Waals surface area contributed by atoms with Crippen molar-refractivity contribution in [3.05, 3.63) is 57.8 Å². The normalized spacial score (nSPS) is 12.7. The summed E-state index contributed by atoms with van der Waals surface area (Å²) in [7, 11) is 1.99. The van der Waals surface area contributed by atoms with Crippen molar-refractivity contribution in [3.63, 3.8) is 0 Å². The zero-order valence-electron chi connectivity index (χ0n) is 12.6. The highest BCUT2D eigenvalue weighted by Gasteiger charge is 2.17. The first-order chi connectivity index (χ1) is 10.2. The van der Waals surface area contributed by atoms with Crippen molar-refractivity contribution in [1.29, 1.82) is 0 Å². The molecule has 0 bridgehead atoms. The number of hydrogen-bond donors (Lipinski definition) is 1. The van der Waals surface area contributed by atoms with E-state index in [1.54, 1.807) is 11.3 Å². The van der Waals surface area contributed by atoms with Gasteiger partial charge < -0.3 is 5.32 Å². The van der Waals surface area contributed by atoms with E-state index in [-0.39, 0.29) is 6.04 Å². The molecule has 0 saturated carbocycles. The van der Waals surface area contributed by atoms with E-state index in [4.69, 9.17) is 0 Å². The summed E-state index contributed by atoms with van der Waals surface area (Å²) >= 11 is 1.78. The second-order valence-electron chi connectivity index (χ2n) is 5.21. The van der Waals surface area contributed by atoms with Gasteiger partial charge >= 0.3 is 0 Å². The van der Waals surface area contributed by atoms with Crippen LogP contribution in [0.25, 0.3) is 10.8 Å². The molecular formula is C17H19N3S. The molecule has 3 nitrogen and oxygen atoms in total. The third-order valence-corrected chi connectivity index (χ3v) is 4.93. The molecule has 3 aromatic rings. The summed E-state index contributed by atoms with van der Waals surface area (Å²) in [6.07, 6.45) is 2.76. The molecule has 1 atom stereocenters. The van der Waals surface area contributed by atoms with Crippen LogP contribution >= 0.6 is 11.3 Å². The monoisotopic (exact) mass is 297 g/mol. The molecule has 108 valence electrons. The lowest BCUT2D eigenvalue weighted by Gasteiger charge is -2.16. The summed E-state index contributed by atoms with van der Waals surface area (Å²) in [4.78, 5) is 10.6. The van der Waals surface area contributed by atoms with Gasteiger partial charge in [-0.3, -0.25) is 4.98 Å². The molecule has 0 fully saturated rings. The lowest BCUT2D eigenvalue weighted by molar-refractivity contribution is 0.579. The van der Waals surface area contributed by atoms with Crippen LogP contribution in [0.1, 0.15) is 27.3 Å². The average Bonchev–Trinajstić information content (AvgIpc) is 2.82. The number of fused-ring (bicyclic) bond motifs is 1. The fourth-order valence-corrected chi connectivity index (χ4v) is 3.54. The fourth-order valence-electron chi connectivity index (χ4n) is 2.56. The van der Waals surface area contributed by atoms with E-state index < -0.39 is 0 Å². The first kappa shape index (κ1) is 14.2. The van der Waals surface area contributed by atoms with E-state index in [1.165, 1.54) is 20.7 Å².